The molecule has 2 unspecified atom stereocenters. The molecule has 1 N–H and O–H groups in total. The molecule has 2 aromatic carbocycles. The highest BCUT2D eigenvalue weighted by atomic mass is 35.5. The predicted octanol–water partition coefficient (Wildman–Crippen LogP) is 3.84. The topological polar surface area (TPSA) is 89.9 Å². The van der Waals surface area contributed by atoms with Crippen molar-refractivity contribution in [3.05, 3.63) is 97.7 Å². The van der Waals surface area contributed by atoms with Crippen LogP contribution in [-0.4, -0.2) is 40.2 Å². The SMILES string of the molecule is C[C@@H]1COC2C3CCc4c(C(=O)NCc5cccc(Cl)c5F)c(=O)c(OCc5ccccc5)c(n43)C(=O)N21. The van der Waals surface area contributed by atoms with E-state index in [1.165, 1.54) is 12.1 Å². The molecule has 2 amide bonds. The van der Waals surface area contributed by atoms with Gasteiger partial charge in [0.25, 0.3) is 11.8 Å². The molecule has 10 heteroatoms. The van der Waals surface area contributed by atoms with E-state index in [4.69, 9.17) is 21.1 Å². The van der Waals surface area contributed by atoms with Gasteiger partial charge in [0, 0.05) is 17.8 Å². The van der Waals surface area contributed by atoms with Gasteiger partial charge in [0.15, 0.2) is 17.7 Å². The Morgan fingerprint density at radius 3 is 2.76 bits per heavy atom. The lowest BCUT2D eigenvalue weighted by molar-refractivity contribution is -0.0146. The first-order chi connectivity index (χ1) is 18.4. The number of carbonyl (C=O) groups is 2. The Morgan fingerprint density at radius 2 is 1.97 bits per heavy atom. The highest BCUT2D eigenvalue weighted by Crippen LogP contribution is 2.43. The molecule has 0 bridgehead atoms. The number of fused-ring (bicyclic) bond motifs is 2. The molecule has 3 aromatic rings. The average Bonchev–Trinajstić information content (AvgIpc) is 3.52. The number of aromatic nitrogens is 1. The Bertz CT molecular complexity index is 1510. The van der Waals surface area contributed by atoms with Crippen LogP contribution in [0.1, 0.15) is 57.1 Å². The predicted molar refractivity (Wildman–Crippen MR) is 137 cm³/mol. The van der Waals surface area contributed by atoms with Crippen molar-refractivity contribution in [2.45, 2.75) is 51.2 Å². The second kappa shape index (κ2) is 9.56. The Kier molecular flexibility index (Phi) is 6.20. The van der Waals surface area contributed by atoms with Gasteiger partial charge in [0.2, 0.25) is 5.43 Å². The summed E-state index contributed by atoms with van der Waals surface area (Å²) in [6, 6.07) is 13.4. The van der Waals surface area contributed by atoms with Gasteiger partial charge < -0.3 is 24.3 Å². The van der Waals surface area contributed by atoms with Crippen LogP contribution >= 0.6 is 11.6 Å². The highest BCUT2D eigenvalue weighted by Gasteiger charge is 2.51. The summed E-state index contributed by atoms with van der Waals surface area (Å²) in [7, 11) is 0. The highest BCUT2D eigenvalue weighted by molar-refractivity contribution is 6.30. The van der Waals surface area contributed by atoms with E-state index in [1.54, 1.807) is 15.5 Å². The number of nitrogens with zero attached hydrogens (tertiary/aromatic N) is 2. The smallest absolute Gasteiger partial charge is 0.276 e. The second-order valence-corrected chi connectivity index (χ2v) is 10.2. The number of rotatable bonds is 6. The number of pyridine rings is 1. The fourth-order valence-electron chi connectivity index (χ4n) is 5.64. The number of hydrogen-bond donors (Lipinski definition) is 1. The van der Waals surface area contributed by atoms with Crippen LogP contribution in [0.15, 0.2) is 53.3 Å². The summed E-state index contributed by atoms with van der Waals surface area (Å²) in [4.78, 5) is 42.7. The standard InChI is InChI=1S/C28H25ClFN3O5/c1-15-13-38-28-20-11-10-19-21(26(35)31-12-17-8-5-9-18(29)22(17)30)24(34)25(23(33(19)20)27(36)32(15)28)37-14-16-6-3-2-4-7-16/h2-9,15,20,28H,10-14H2,1H3,(H,31,35)/t15-,20?,28?/m1/s1. The van der Waals surface area contributed by atoms with Crippen LogP contribution < -0.4 is 15.5 Å². The third-order valence-corrected chi connectivity index (χ3v) is 7.72. The van der Waals surface area contributed by atoms with Crippen LogP contribution in [0.5, 0.6) is 5.75 Å². The van der Waals surface area contributed by atoms with Gasteiger partial charge in [-0.25, -0.2) is 4.39 Å². The van der Waals surface area contributed by atoms with E-state index in [0.717, 1.165) is 5.56 Å². The number of ether oxygens (including phenoxy) is 2. The van der Waals surface area contributed by atoms with Crippen molar-refractivity contribution < 1.29 is 23.5 Å². The minimum absolute atomic E-state index is 0.0463. The molecule has 3 aliphatic rings. The fraction of sp³-hybridized carbons (Fsp3) is 0.321. The van der Waals surface area contributed by atoms with Gasteiger partial charge in [-0.2, -0.15) is 0 Å². The van der Waals surface area contributed by atoms with Gasteiger partial charge in [-0.15, -0.1) is 0 Å². The number of halogens is 2. The van der Waals surface area contributed by atoms with E-state index in [2.05, 4.69) is 5.32 Å². The van der Waals surface area contributed by atoms with Gasteiger partial charge >= 0.3 is 0 Å². The average molecular weight is 538 g/mol. The van der Waals surface area contributed by atoms with Crippen molar-refractivity contribution >= 4 is 23.4 Å². The molecular weight excluding hydrogens is 513 g/mol. The van der Waals surface area contributed by atoms with E-state index in [1.807, 2.05) is 37.3 Å². The zero-order valence-electron chi connectivity index (χ0n) is 20.6. The van der Waals surface area contributed by atoms with E-state index < -0.39 is 23.4 Å². The van der Waals surface area contributed by atoms with Crippen LogP contribution in [0.3, 0.4) is 0 Å². The first-order valence-corrected chi connectivity index (χ1v) is 12.9. The van der Waals surface area contributed by atoms with Crippen LogP contribution in [0.2, 0.25) is 5.02 Å². The zero-order valence-corrected chi connectivity index (χ0v) is 21.3. The normalized spacial score (nSPS) is 21.3. The lowest BCUT2D eigenvalue weighted by atomic mass is 10.1. The summed E-state index contributed by atoms with van der Waals surface area (Å²) in [6.45, 7) is 2.18. The molecule has 4 heterocycles. The van der Waals surface area contributed by atoms with Crippen molar-refractivity contribution in [3.63, 3.8) is 0 Å². The van der Waals surface area contributed by atoms with Crippen LogP contribution in [0.25, 0.3) is 0 Å². The molecule has 1 saturated heterocycles. The van der Waals surface area contributed by atoms with Crippen molar-refractivity contribution in [2.75, 3.05) is 6.61 Å². The van der Waals surface area contributed by atoms with Crippen LogP contribution in [-0.2, 0) is 24.3 Å². The van der Waals surface area contributed by atoms with Crippen molar-refractivity contribution in [1.29, 1.82) is 0 Å². The summed E-state index contributed by atoms with van der Waals surface area (Å²) in [5.41, 5.74) is 0.845. The van der Waals surface area contributed by atoms with Crippen molar-refractivity contribution in [3.8, 4) is 5.75 Å². The zero-order chi connectivity index (χ0) is 26.6. The number of benzene rings is 2. The Labute approximate surface area is 222 Å². The van der Waals surface area contributed by atoms with Gasteiger partial charge in [0.1, 0.15) is 18.0 Å². The summed E-state index contributed by atoms with van der Waals surface area (Å²) >= 11 is 5.87. The molecule has 3 atom stereocenters. The number of nitrogens with one attached hydrogen (secondary N) is 1. The molecule has 1 aromatic heterocycles. The molecule has 0 spiro atoms. The number of amides is 2. The van der Waals surface area contributed by atoms with E-state index in [0.29, 0.717) is 25.1 Å². The number of carbonyl (C=O) groups excluding carboxylic acids is 2. The van der Waals surface area contributed by atoms with Crippen molar-refractivity contribution in [2.24, 2.45) is 0 Å². The fourth-order valence-corrected chi connectivity index (χ4v) is 5.84. The lowest BCUT2D eigenvalue weighted by Gasteiger charge is -2.38. The van der Waals surface area contributed by atoms with Gasteiger partial charge in [-0.1, -0.05) is 54.1 Å². The third kappa shape index (κ3) is 3.88. The molecular formula is C28H25ClFN3O5. The first-order valence-electron chi connectivity index (χ1n) is 12.5. The summed E-state index contributed by atoms with van der Waals surface area (Å²) in [5, 5.41) is 2.60. The summed E-state index contributed by atoms with van der Waals surface area (Å²) in [5.74, 6) is -1.81. The van der Waals surface area contributed by atoms with Crippen molar-refractivity contribution in [1.82, 2.24) is 14.8 Å². The maximum Gasteiger partial charge on any atom is 0.276 e. The molecule has 8 nitrogen and oxygen atoms in total. The lowest BCUT2D eigenvalue weighted by Crippen LogP contribution is -2.51. The molecule has 0 aliphatic carbocycles. The second-order valence-electron chi connectivity index (χ2n) is 9.76. The Balaban J connectivity index is 1.43. The maximum atomic E-state index is 14.4. The van der Waals surface area contributed by atoms with E-state index in [-0.39, 0.29) is 58.7 Å². The molecule has 0 saturated carbocycles. The molecule has 196 valence electrons. The van der Waals surface area contributed by atoms with Gasteiger partial charge in [-0.3, -0.25) is 14.4 Å². The van der Waals surface area contributed by atoms with Gasteiger partial charge in [-0.05, 0) is 31.4 Å². The Morgan fingerprint density at radius 1 is 1.18 bits per heavy atom. The molecule has 1 fully saturated rings. The van der Waals surface area contributed by atoms with E-state index >= 15 is 0 Å². The summed E-state index contributed by atoms with van der Waals surface area (Å²) in [6.07, 6.45) is 0.529. The summed E-state index contributed by atoms with van der Waals surface area (Å²) < 4.78 is 28.2. The van der Waals surface area contributed by atoms with E-state index in [9.17, 15) is 18.8 Å². The molecule has 6 rings (SSSR count). The monoisotopic (exact) mass is 537 g/mol. The van der Waals surface area contributed by atoms with Crippen LogP contribution in [0, 0.1) is 5.82 Å². The van der Waals surface area contributed by atoms with Gasteiger partial charge in [0.05, 0.1) is 23.7 Å². The first kappa shape index (κ1) is 24.6. The maximum absolute atomic E-state index is 14.4. The molecule has 3 aliphatic heterocycles. The number of hydrogen-bond acceptors (Lipinski definition) is 5. The largest absolute Gasteiger partial charge is 0.483 e. The minimum atomic E-state index is -0.666. The Hall–Kier alpha value is -3.69. The minimum Gasteiger partial charge on any atom is -0.483 e. The van der Waals surface area contributed by atoms with Crippen LogP contribution in [0.4, 0.5) is 4.39 Å². The quantitative estimate of drug-likeness (QED) is 0.516. The molecule has 38 heavy (non-hydrogen) atoms. The third-order valence-electron chi connectivity index (χ3n) is 7.42. The molecule has 0 radical (unpaired) electrons.